The van der Waals surface area contributed by atoms with E-state index in [-0.39, 0.29) is 5.43 Å². The van der Waals surface area contributed by atoms with Crippen molar-refractivity contribution in [3.05, 3.63) is 94.9 Å². The van der Waals surface area contributed by atoms with Crippen LogP contribution < -0.4 is 5.43 Å². The topological polar surface area (TPSA) is 82.4 Å². The number of hydrogen-bond acceptors (Lipinski definition) is 4. The van der Waals surface area contributed by atoms with E-state index in [4.69, 9.17) is 10.2 Å². The van der Waals surface area contributed by atoms with Crippen molar-refractivity contribution < 1.29 is 0 Å². The second-order valence-corrected chi connectivity index (χ2v) is 6.70. The van der Waals surface area contributed by atoms with Gasteiger partial charge in [0.1, 0.15) is 17.4 Å². The zero-order valence-electron chi connectivity index (χ0n) is 15.3. The number of H-pyrrole nitrogens is 1. The van der Waals surface area contributed by atoms with Crippen LogP contribution >= 0.6 is 0 Å². The molecule has 3 heterocycles. The summed E-state index contributed by atoms with van der Waals surface area (Å²) in [4.78, 5) is 24.6. The van der Waals surface area contributed by atoms with Gasteiger partial charge in [-0.25, -0.2) is 9.97 Å². The highest BCUT2D eigenvalue weighted by Gasteiger charge is 2.13. The molecule has 0 unspecified atom stereocenters. The zero-order valence-corrected chi connectivity index (χ0v) is 15.3. The second-order valence-electron chi connectivity index (χ2n) is 6.70. The molecule has 5 aromatic rings. The molecular formula is C24H14N4O. The second kappa shape index (κ2) is 6.70. The Bertz CT molecular complexity index is 1480. The first kappa shape index (κ1) is 16.8. The number of nitrogens with one attached hydrogen (secondary N) is 1. The summed E-state index contributed by atoms with van der Waals surface area (Å²) < 4.78 is 0. The fourth-order valence-corrected chi connectivity index (χ4v) is 3.49. The van der Waals surface area contributed by atoms with Gasteiger partial charge in [0.05, 0.1) is 16.6 Å². The van der Waals surface area contributed by atoms with Gasteiger partial charge in [0, 0.05) is 28.8 Å². The predicted molar refractivity (Wildman–Crippen MR) is 113 cm³/mol. The Morgan fingerprint density at radius 3 is 2.55 bits per heavy atom. The standard InChI is InChI=1S/C24H14N4O/c25-14-18-8-6-17-12-16(7-9-21(17)27-18)19-13-20-22(29)10-11-26-24(20)28-23(19)15-4-2-1-3-5-15/h1-13H,(H,26,28,29). The third-order valence-electron chi connectivity index (χ3n) is 4.90. The Kier molecular flexibility index (Phi) is 3.89. The Labute approximate surface area is 165 Å². The van der Waals surface area contributed by atoms with Crippen LogP contribution in [-0.4, -0.2) is 15.0 Å². The SMILES string of the molecule is N#Cc1ccc2cc(-c3cc4c(=O)cc[nH]c4nc3-c3ccccc3)ccc2n1. The van der Waals surface area contributed by atoms with E-state index >= 15 is 0 Å². The summed E-state index contributed by atoms with van der Waals surface area (Å²) >= 11 is 0. The van der Waals surface area contributed by atoms with E-state index in [1.807, 2.05) is 60.7 Å². The maximum Gasteiger partial charge on any atom is 0.191 e. The van der Waals surface area contributed by atoms with E-state index in [2.05, 4.69) is 16.0 Å². The van der Waals surface area contributed by atoms with Crippen LogP contribution in [0.15, 0.2) is 83.8 Å². The van der Waals surface area contributed by atoms with Crippen molar-refractivity contribution in [1.82, 2.24) is 15.0 Å². The number of rotatable bonds is 2. The van der Waals surface area contributed by atoms with Gasteiger partial charge in [-0.2, -0.15) is 5.26 Å². The van der Waals surface area contributed by atoms with Gasteiger partial charge in [0.15, 0.2) is 5.43 Å². The molecule has 136 valence electrons. The summed E-state index contributed by atoms with van der Waals surface area (Å²) in [5.41, 5.74) is 5.17. The molecule has 5 heteroatoms. The van der Waals surface area contributed by atoms with Crippen LogP contribution in [0.1, 0.15) is 5.69 Å². The maximum atomic E-state index is 12.4. The lowest BCUT2D eigenvalue weighted by molar-refractivity contribution is 1.28. The summed E-state index contributed by atoms with van der Waals surface area (Å²) in [6, 6.07) is 24.8. The van der Waals surface area contributed by atoms with E-state index in [9.17, 15) is 4.79 Å². The van der Waals surface area contributed by atoms with E-state index < -0.39 is 0 Å². The third-order valence-corrected chi connectivity index (χ3v) is 4.90. The number of nitrogens with zero attached hydrogens (tertiary/aromatic N) is 3. The zero-order chi connectivity index (χ0) is 19.8. The van der Waals surface area contributed by atoms with Crippen molar-refractivity contribution in [3.8, 4) is 28.5 Å². The molecule has 3 aromatic heterocycles. The van der Waals surface area contributed by atoms with Crippen LogP contribution in [-0.2, 0) is 0 Å². The number of pyridine rings is 3. The van der Waals surface area contributed by atoms with Crippen LogP contribution in [0.3, 0.4) is 0 Å². The number of aromatic nitrogens is 3. The molecule has 0 aliphatic carbocycles. The summed E-state index contributed by atoms with van der Waals surface area (Å²) in [6.07, 6.45) is 1.61. The smallest absolute Gasteiger partial charge is 0.191 e. The summed E-state index contributed by atoms with van der Waals surface area (Å²) in [7, 11) is 0. The lowest BCUT2D eigenvalue weighted by Gasteiger charge is -2.12. The molecule has 5 nitrogen and oxygen atoms in total. The van der Waals surface area contributed by atoms with Crippen LogP contribution in [0.25, 0.3) is 44.3 Å². The molecule has 0 radical (unpaired) electrons. The van der Waals surface area contributed by atoms with Crippen molar-refractivity contribution >= 4 is 21.9 Å². The van der Waals surface area contributed by atoms with Crippen molar-refractivity contribution in [2.24, 2.45) is 0 Å². The van der Waals surface area contributed by atoms with Gasteiger partial charge in [0.25, 0.3) is 0 Å². The van der Waals surface area contributed by atoms with Gasteiger partial charge in [0.2, 0.25) is 0 Å². The normalized spacial score (nSPS) is 10.9. The molecule has 0 aliphatic rings. The highest BCUT2D eigenvalue weighted by Crippen LogP contribution is 2.33. The van der Waals surface area contributed by atoms with E-state index in [0.29, 0.717) is 16.7 Å². The first-order chi connectivity index (χ1) is 14.2. The van der Waals surface area contributed by atoms with Gasteiger partial charge in [-0.1, -0.05) is 36.4 Å². The van der Waals surface area contributed by atoms with Gasteiger partial charge in [-0.05, 0) is 35.9 Å². The van der Waals surface area contributed by atoms with Crippen LogP contribution in [0.4, 0.5) is 0 Å². The molecule has 0 saturated carbocycles. The summed E-state index contributed by atoms with van der Waals surface area (Å²) in [5.74, 6) is 0. The molecule has 2 aromatic carbocycles. The van der Waals surface area contributed by atoms with Crippen molar-refractivity contribution in [3.63, 3.8) is 0 Å². The minimum Gasteiger partial charge on any atom is -0.346 e. The number of nitriles is 1. The van der Waals surface area contributed by atoms with Crippen molar-refractivity contribution in [1.29, 1.82) is 5.26 Å². The number of benzene rings is 2. The summed E-state index contributed by atoms with van der Waals surface area (Å²) in [5, 5.41) is 10.5. The lowest BCUT2D eigenvalue weighted by atomic mass is 9.97. The maximum absolute atomic E-state index is 12.4. The molecule has 0 bridgehead atoms. The van der Waals surface area contributed by atoms with Crippen LogP contribution in [0, 0.1) is 11.3 Å². The van der Waals surface area contributed by atoms with E-state index in [1.54, 1.807) is 12.3 Å². The van der Waals surface area contributed by atoms with Crippen molar-refractivity contribution in [2.45, 2.75) is 0 Å². The minimum absolute atomic E-state index is 0.0757. The van der Waals surface area contributed by atoms with E-state index in [1.165, 1.54) is 6.07 Å². The average molecular weight is 374 g/mol. The Balaban J connectivity index is 1.81. The third kappa shape index (κ3) is 2.93. The molecule has 0 aliphatic heterocycles. The predicted octanol–water partition coefficient (Wildman–Crippen LogP) is 4.68. The molecule has 0 amide bonds. The van der Waals surface area contributed by atoms with Crippen LogP contribution in [0.5, 0.6) is 0 Å². The molecular weight excluding hydrogens is 360 g/mol. The van der Waals surface area contributed by atoms with E-state index in [0.717, 1.165) is 33.3 Å². The summed E-state index contributed by atoms with van der Waals surface area (Å²) in [6.45, 7) is 0. The lowest BCUT2D eigenvalue weighted by Crippen LogP contribution is -2.03. The molecule has 1 N–H and O–H groups in total. The quantitative estimate of drug-likeness (QED) is 0.486. The molecule has 0 atom stereocenters. The first-order valence-corrected chi connectivity index (χ1v) is 9.12. The number of aromatic amines is 1. The highest BCUT2D eigenvalue weighted by atomic mass is 16.1. The number of fused-ring (bicyclic) bond motifs is 2. The molecule has 5 rings (SSSR count). The molecule has 0 saturated heterocycles. The van der Waals surface area contributed by atoms with Gasteiger partial charge in [-0.15, -0.1) is 0 Å². The Morgan fingerprint density at radius 1 is 0.862 bits per heavy atom. The number of hydrogen-bond donors (Lipinski definition) is 1. The Hall–Kier alpha value is -4.30. The van der Waals surface area contributed by atoms with Gasteiger partial charge < -0.3 is 4.98 Å². The monoisotopic (exact) mass is 374 g/mol. The highest BCUT2D eigenvalue weighted by molar-refractivity contribution is 5.93. The molecule has 0 spiro atoms. The fourth-order valence-electron chi connectivity index (χ4n) is 3.49. The Morgan fingerprint density at radius 2 is 1.72 bits per heavy atom. The molecule has 29 heavy (non-hydrogen) atoms. The van der Waals surface area contributed by atoms with Gasteiger partial charge >= 0.3 is 0 Å². The average Bonchev–Trinajstić information content (AvgIpc) is 2.78. The van der Waals surface area contributed by atoms with Gasteiger partial charge in [-0.3, -0.25) is 4.79 Å². The largest absolute Gasteiger partial charge is 0.346 e. The first-order valence-electron chi connectivity index (χ1n) is 9.12. The van der Waals surface area contributed by atoms with Crippen molar-refractivity contribution in [2.75, 3.05) is 0 Å². The molecule has 0 fully saturated rings. The fraction of sp³-hybridized carbons (Fsp3) is 0. The minimum atomic E-state index is -0.0757. The van der Waals surface area contributed by atoms with Crippen LogP contribution in [0.2, 0.25) is 0 Å².